The van der Waals surface area contributed by atoms with E-state index in [1.54, 1.807) is 0 Å². The highest BCUT2D eigenvalue weighted by molar-refractivity contribution is 5.36. The van der Waals surface area contributed by atoms with E-state index >= 15 is 0 Å². The molecule has 0 bridgehead atoms. The summed E-state index contributed by atoms with van der Waals surface area (Å²) in [4.78, 5) is 0. The molecule has 1 aromatic rings. The Kier molecular flexibility index (Phi) is 2.00. The average Bonchev–Trinajstić information content (AvgIpc) is 2.61. The third-order valence-corrected chi connectivity index (χ3v) is 3.91. The van der Waals surface area contributed by atoms with Gasteiger partial charge in [0.15, 0.2) is 0 Å². The van der Waals surface area contributed by atoms with Crippen LogP contribution < -0.4 is 5.32 Å². The zero-order chi connectivity index (χ0) is 10.3. The minimum atomic E-state index is 0.693. The smallest absolute Gasteiger partial charge is 0.0991 e. The van der Waals surface area contributed by atoms with Crippen molar-refractivity contribution in [3.63, 3.8) is 0 Å². The van der Waals surface area contributed by atoms with E-state index in [1.807, 2.05) is 12.1 Å². The summed E-state index contributed by atoms with van der Waals surface area (Å²) in [5, 5.41) is 12.3. The molecule has 15 heavy (non-hydrogen) atoms. The molecule has 1 N–H and O–H groups in total. The zero-order valence-corrected chi connectivity index (χ0v) is 8.61. The molecule has 2 nitrogen and oxygen atoms in total. The molecule has 0 aromatic heterocycles. The Morgan fingerprint density at radius 1 is 1.33 bits per heavy atom. The van der Waals surface area contributed by atoms with Crippen molar-refractivity contribution in [2.75, 3.05) is 13.1 Å². The molecule has 0 spiro atoms. The summed E-state index contributed by atoms with van der Waals surface area (Å²) in [7, 11) is 0. The van der Waals surface area contributed by atoms with E-state index in [2.05, 4.69) is 23.5 Å². The molecule has 0 radical (unpaired) electrons. The van der Waals surface area contributed by atoms with Gasteiger partial charge >= 0.3 is 0 Å². The first-order valence-electron chi connectivity index (χ1n) is 5.59. The van der Waals surface area contributed by atoms with Crippen LogP contribution in [-0.4, -0.2) is 13.1 Å². The van der Waals surface area contributed by atoms with Crippen LogP contribution in [0.3, 0.4) is 0 Å². The summed E-state index contributed by atoms with van der Waals surface area (Å²) in [5.41, 5.74) is 2.15. The number of fused-ring (bicyclic) bond motifs is 1. The van der Waals surface area contributed by atoms with Crippen molar-refractivity contribution in [1.82, 2.24) is 5.32 Å². The SMILES string of the molecule is N#Cc1cccc([C@@H]2C[C@@H]3CNC[C@H]32)c1. The van der Waals surface area contributed by atoms with Crippen LogP contribution in [0.15, 0.2) is 24.3 Å². The van der Waals surface area contributed by atoms with Crippen molar-refractivity contribution < 1.29 is 0 Å². The summed E-state index contributed by atoms with van der Waals surface area (Å²) >= 11 is 0. The summed E-state index contributed by atoms with van der Waals surface area (Å²) < 4.78 is 0. The number of rotatable bonds is 1. The van der Waals surface area contributed by atoms with Gasteiger partial charge < -0.3 is 5.32 Å². The Labute approximate surface area is 89.9 Å². The Morgan fingerprint density at radius 3 is 3.07 bits per heavy atom. The molecule has 1 saturated carbocycles. The van der Waals surface area contributed by atoms with Crippen LogP contribution in [0.25, 0.3) is 0 Å². The molecule has 1 aliphatic heterocycles. The van der Waals surface area contributed by atoms with Gasteiger partial charge in [-0.25, -0.2) is 0 Å². The minimum Gasteiger partial charge on any atom is -0.316 e. The Hall–Kier alpha value is -1.33. The molecule has 1 aliphatic carbocycles. The first kappa shape index (κ1) is 8.94. The Balaban J connectivity index is 1.85. The van der Waals surface area contributed by atoms with Crippen LogP contribution in [-0.2, 0) is 0 Å². The topological polar surface area (TPSA) is 35.8 Å². The van der Waals surface area contributed by atoms with Gasteiger partial charge in [0, 0.05) is 0 Å². The fourth-order valence-electron chi connectivity index (χ4n) is 3.01. The highest BCUT2D eigenvalue weighted by Gasteiger charge is 2.44. The maximum atomic E-state index is 8.86. The third kappa shape index (κ3) is 1.35. The Morgan fingerprint density at radius 2 is 2.27 bits per heavy atom. The lowest BCUT2D eigenvalue weighted by Gasteiger charge is -2.40. The fourth-order valence-corrected chi connectivity index (χ4v) is 3.01. The monoisotopic (exact) mass is 198 g/mol. The molecule has 1 aromatic carbocycles. The summed E-state index contributed by atoms with van der Waals surface area (Å²) in [6.45, 7) is 2.35. The van der Waals surface area contributed by atoms with Gasteiger partial charge in [0.1, 0.15) is 0 Å². The normalized spacial score (nSPS) is 32.9. The maximum absolute atomic E-state index is 8.86. The second-order valence-electron chi connectivity index (χ2n) is 4.66. The predicted octanol–water partition coefficient (Wildman–Crippen LogP) is 1.88. The van der Waals surface area contributed by atoms with Crippen molar-refractivity contribution in [2.24, 2.45) is 11.8 Å². The molecule has 1 heterocycles. The molecule has 2 heteroatoms. The van der Waals surface area contributed by atoms with Gasteiger partial charge in [0.25, 0.3) is 0 Å². The second kappa shape index (κ2) is 3.36. The highest BCUT2D eigenvalue weighted by Crippen LogP contribution is 2.48. The minimum absolute atomic E-state index is 0.693. The number of nitriles is 1. The molecular weight excluding hydrogens is 184 g/mol. The van der Waals surface area contributed by atoms with E-state index in [1.165, 1.54) is 18.5 Å². The number of hydrogen-bond acceptors (Lipinski definition) is 2. The van der Waals surface area contributed by atoms with Gasteiger partial charge in [-0.05, 0) is 55.0 Å². The van der Waals surface area contributed by atoms with Crippen molar-refractivity contribution in [3.8, 4) is 6.07 Å². The number of benzene rings is 1. The van der Waals surface area contributed by atoms with Crippen molar-refractivity contribution in [1.29, 1.82) is 5.26 Å². The standard InChI is InChI=1S/C13H14N2/c14-6-9-2-1-3-10(4-9)12-5-11-7-15-8-13(11)12/h1-4,11-13,15H,5,7-8H2/t11-,12+,13-/m1/s1. The van der Waals surface area contributed by atoms with Crippen LogP contribution in [0, 0.1) is 23.2 Å². The largest absolute Gasteiger partial charge is 0.316 e. The lowest BCUT2D eigenvalue weighted by Crippen LogP contribution is -2.33. The third-order valence-electron chi connectivity index (χ3n) is 3.91. The molecule has 2 fully saturated rings. The van der Waals surface area contributed by atoms with E-state index in [9.17, 15) is 0 Å². The first-order chi connectivity index (χ1) is 7.38. The van der Waals surface area contributed by atoms with Crippen molar-refractivity contribution >= 4 is 0 Å². The quantitative estimate of drug-likeness (QED) is 0.748. The molecule has 3 atom stereocenters. The molecule has 2 aliphatic rings. The highest BCUT2D eigenvalue weighted by atomic mass is 14.9. The van der Waals surface area contributed by atoms with Gasteiger partial charge in [-0.15, -0.1) is 0 Å². The zero-order valence-electron chi connectivity index (χ0n) is 8.61. The van der Waals surface area contributed by atoms with Crippen LogP contribution >= 0.6 is 0 Å². The van der Waals surface area contributed by atoms with Gasteiger partial charge in [0.05, 0.1) is 11.6 Å². The van der Waals surface area contributed by atoms with Gasteiger partial charge in [-0.1, -0.05) is 12.1 Å². The number of hydrogen-bond donors (Lipinski definition) is 1. The molecule has 0 unspecified atom stereocenters. The molecular formula is C13H14N2. The van der Waals surface area contributed by atoms with Gasteiger partial charge in [-0.2, -0.15) is 5.26 Å². The molecule has 1 saturated heterocycles. The van der Waals surface area contributed by atoms with Crippen LogP contribution in [0.5, 0.6) is 0 Å². The lowest BCUT2D eigenvalue weighted by atomic mass is 9.64. The van der Waals surface area contributed by atoms with Gasteiger partial charge in [0.2, 0.25) is 0 Å². The number of nitrogens with zero attached hydrogens (tertiary/aromatic N) is 1. The van der Waals surface area contributed by atoms with Crippen molar-refractivity contribution in [2.45, 2.75) is 12.3 Å². The summed E-state index contributed by atoms with van der Waals surface area (Å²) in [5.74, 6) is 2.40. The maximum Gasteiger partial charge on any atom is 0.0991 e. The lowest BCUT2D eigenvalue weighted by molar-refractivity contribution is 0.191. The summed E-state index contributed by atoms with van der Waals surface area (Å²) in [6.07, 6.45) is 1.30. The van der Waals surface area contributed by atoms with E-state index in [4.69, 9.17) is 5.26 Å². The molecule has 76 valence electrons. The van der Waals surface area contributed by atoms with Crippen LogP contribution in [0.4, 0.5) is 0 Å². The predicted molar refractivity (Wildman–Crippen MR) is 58.4 cm³/mol. The molecule has 0 amide bonds. The van der Waals surface area contributed by atoms with Crippen molar-refractivity contribution in [3.05, 3.63) is 35.4 Å². The first-order valence-corrected chi connectivity index (χ1v) is 5.59. The van der Waals surface area contributed by atoms with Gasteiger partial charge in [-0.3, -0.25) is 0 Å². The summed E-state index contributed by atoms with van der Waals surface area (Å²) in [6, 6.07) is 10.3. The van der Waals surface area contributed by atoms with E-state index in [-0.39, 0.29) is 0 Å². The van der Waals surface area contributed by atoms with Crippen LogP contribution in [0.2, 0.25) is 0 Å². The van der Waals surface area contributed by atoms with Crippen LogP contribution in [0.1, 0.15) is 23.5 Å². The van der Waals surface area contributed by atoms with E-state index in [0.29, 0.717) is 5.92 Å². The number of nitrogens with one attached hydrogen (secondary N) is 1. The van der Waals surface area contributed by atoms with E-state index < -0.39 is 0 Å². The Bertz CT molecular complexity index is 419. The molecule has 3 rings (SSSR count). The average molecular weight is 198 g/mol. The second-order valence-corrected chi connectivity index (χ2v) is 4.66. The fraction of sp³-hybridized carbons (Fsp3) is 0.462. The van der Waals surface area contributed by atoms with E-state index in [0.717, 1.165) is 23.9 Å².